The van der Waals surface area contributed by atoms with Gasteiger partial charge < -0.3 is 134 Å². The van der Waals surface area contributed by atoms with Crippen LogP contribution in [0.5, 0.6) is 5.75 Å². The molecule has 0 aromatic heterocycles. The minimum Gasteiger partial charge on any atom is -0.484 e. The number of benzene rings is 1. The molecule has 0 saturated carbocycles. The number of rotatable bonds is 17. The monoisotopic (exact) mass is 961 g/mol. The first kappa shape index (κ1) is 52.9. The van der Waals surface area contributed by atoms with Crippen LogP contribution in [0.4, 0.5) is 0 Å². The van der Waals surface area contributed by atoms with Gasteiger partial charge in [-0.2, -0.15) is 0 Å². The third-order valence-electron chi connectivity index (χ3n) is 11.8. The van der Waals surface area contributed by atoms with Crippen LogP contribution < -0.4 is 10.1 Å². The molecule has 5 fully saturated rings. The van der Waals surface area contributed by atoms with Crippen molar-refractivity contribution in [2.75, 3.05) is 39.6 Å². The van der Waals surface area contributed by atoms with E-state index in [0.29, 0.717) is 5.75 Å². The van der Waals surface area contributed by atoms with Gasteiger partial charge in [-0.05, 0) is 12.1 Å². The third-order valence-corrected chi connectivity index (χ3v) is 11.8. The van der Waals surface area contributed by atoms with Gasteiger partial charge in [0.25, 0.3) is 5.91 Å². The second-order valence-electron chi connectivity index (χ2n) is 16.1. The summed E-state index contributed by atoms with van der Waals surface area (Å²) in [5.41, 5.74) is 0. The summed E-state index contributed by atoms with van der Waals surface area (Å²) in [5, 5.41) is 172. The molecule has 5 heterocycles. The van der Waals surface area contributed by atoms with Crippen molar-refractivity contribution in [3.8, 4) is 5.75 Å². The van der Waals surface area contributed by atoms with Gasteiger partial charge in [0.1, 0.15) is 128 Å². The first-order valence-corrected chi connectivity index (χ1v) is 20.9. The van der Waals surface area contributed by atoms with Crippen LogP contribution in [0.25, 0.3) is 0 Å². The highest BCUT2D eigenvalue weighted by Gasteiger charge is 2.57. The fourth-order valence-corrected chi connectivity index (χ4v) is 8.00. The number of hydrogen-bond acceptors (Lipinski definition) is 27. The average Bonchev–Trinajstić information content (AvgIpc) is 3.31. The largest absolute Gasteiger partial charge is 0.484 e. The molecule has 5 aliphatic heterocycles. The first-order chi connectivity index (χ1) is 31.5. The lowest BCUT2D eigenvalue weighted by atomic mass is 9.95. The van der Waals surface area contributed by atoms with Gasteiger partial charge in [-0.3, -0.25) is 4.79 Å². The minimum absolute atomic E-state index is 0.320. The Morgan fingerprint density at radius 1 is 0.424 bits per heavy atom. The van der Waals surface area contributed by atoms with Crippen LogP contribution in [-0.4, -0.2) is 281 Å². The lowest BCUT2D eigenvalue weighted by Crippen LogP contribution is -2.69. The van der Waals surface area contributed by atoms with E-state index in [9.17, 15) is 86.5 Å². The molecule has 1 aromatic carbocycles. The molecule has 378 valence electrons. The molecule has 28 nitrogen and oxygen atoms in total. The zero-order valence-electron chi connectivity index (χ0n) is 34.7. The van der Waals surface area contributed by atoms with E-state index < -0.39 is 199 Å². The van der Waals surface area contributed by atoms with Crippen LogP contribution in [0.1, 0.15) is 0 Å². The average molecular weight is 962 g/mol. The van der Waals surface area contributed by atoms with E-state index in [1.807, 2.05) is 0 Å². The summed E-state index contributed by atoms with van der Waals surface area (Å²) in [7, 11) is 0. The van der Waals surface area contributed by atoms with Crippen molar-refractivity contribution in [3.05, 3.63) is 30.3 Å². The number of carbonyl (C=O) groups is 1. The Labute approximate surface area is 374 Å². The molecule has 0 spiro atoms. The van der Waals surface area contributed by atoms with Crippen LogP contribution in [-0.2, 0) is 47.4 Å². The van der Waals surface area contributed by atoms with Gasteiger partial charge in [0.05, 0.1) is 33.0 Å². The fourth-order valence-electron chi connectivity index (χ4n) is 8.00. The van der Waals surface area contributed by atoms with Crippen molar-refractivity contribution in [1.29, 1.82) is 0 Å². The van der Waals surface area contributed by atoms with E-state index in [0.717, 1.165) is 0 Å². The molecule has 6 rings (SSSR count). The topological polar surface area (TPSA) is 445 Å². The number of hydrogen-bond donors (Lipinski definition) is 17. The SMILES string of the molecule is O=C(COc1ccccc1)N[C@H]1O[C@H](CO)[C@@H](O)[C@H](O)[C@@H]1O[C@H]1O[C@H](CO)[C@@H](O)[C@H](O[C@H]2O[C@H](CO)[C@@H](O)[C@H](O[C@H]3O[C@H](CO)[C@@H](O)[C@H](O[C@H]4O[C@H](CO)[C@@H](O)[C@H](O)[C@@H]4O)[C@@H]3O)[C@@H]2O)[C@@H]1O. The molecule has 17 N–H and O–H groups in total. The molecular formula is C38H59NO27. The highest BCUT2D eigenvalue weighted by Crippen LogP contribution is 2.36. The summed E-state index contributed by atoms with van der Waals surface area (Å²) < 4.78 is 55.9. The number of nitrogens with one attached hydrogen (secondary N) is 1. The van der Waals surface area contributed by atoms with Crippen LogP contribution in [0.15, 0.2) is 30.3 Å². The number of para-hydroxylation sites is 1. The Balaban J connectivity index is 1.18. The summed E-state index contributed by atoms with van der Waals surface area (Å²) in [4.78, 5) is 12.9. The van der Waals surface area contributed by atoms with Crippen molar-refractivity contribution in [3.63, 3.8) is 0 Å². The molecule has 1 aromatic rings. The van der Waals surface area contributed by atoms with Gasteiger partial charge in [0, 0.05) is 0 Å². The molecule has 0 aliphatic carbocycles. The van der Waals surface area contributed by atoms with Crippen molar-refractivity contribution in [2.45, 2.75) is 153 Å². The van der Waals surface area contributed by atoms with Gasteiger partial charge >= 0.3 is 0 Å². The molecule has 0 unspecified atom stereocenters. The zero-order chi connectivity index (χ0) is 48.1. The number of aliphatic hydroxyl groups is 16. The minimum atomic E-state index is -2.21. The molecule has 5 aliphatic rings. The maximum Gasteiger partial charge on any atom is 0.259 e. The Morgan fingerprint density at radius 2 is 0.773 bits per heavy atom. The third kappa shape index (κ3) is 11.4. The number of carbonyl (C=O) groups excluding carboxylic acids is 1. The van der Waals surface area contributed by atoms with Crippen molar-refractivity contribution < 1.29 is 134 Å². The number of aliphatic hydroxyl groups excluding tert-OH is 16. The van der Waals surface area contributed by atoms with Crippen LogP contribution >= 0.6 is 0 Å². The van der Waals surface area contributed by atoms with Crippen molar-refractivity contribution in [1.82, 2.24) is 5.32 Å². The molecule has 28 heteroatoms. The molecule has 66 heavy (non-hydrogen) atoms. The second-order valence-corrected chi connectivity index (χ2v) is 16.1. The molecular weight excluding hydrogens is 902 g/mol. The maximum atomic E-state index is 12.9. The van der Waals surface area contributed by atoms with E-state index in [2.05, 4.69) is 5.32 Å². The van der Waals surface area contributed by atoms with Gasteiger partial charge in [-0.15, -0.1) is 0 Å². The molecule has 25 atom stereocenters. The predicted molar refractivity (Wildman–Crippen MR) is 204 cm³/mol. The summed E-state index contributed by atoms with van der Waals surface area (Å²) in [6.07, 6.45) is -47.5. The number of amides is 1. The van der Waals surface area contributed by atoms with Gasteiger partial charge in [-0.25, -0.2) is 0 Å². The van der Waals surface area contributed by atoms with Crippen molar-refractivity contribution in [2.24, 2.45) is 0 Å². The smallest absolute Gasteiger partial charge is 0.259 e. The van der Waals surface area contributed by atoms with Crippen LogP contribution in [0, 0.1) is 0 Å². The molecule has 5 saturated heterocycles. The van der Waals surface area contributed by atoms with Crippen LogP contribution in [0.3, 0.4) is 0 Å². The number of ether oxygens (including phenoxy) is 10. The van der Waals surface area contributed by atoms with E-state index in [-0.39, 0.29) is 0 Å². The predicted octanol–water partition coefficient (Wildman–Crippen LogP) is -10.7. The molecule has 0 bridgehead atoms. The summed E-state index contributed by atoms with van der Waals surface area (Å²) in [6.45, 7) is -5.24. The van der Waals surface area contributed by atoms with E-state index in [1.54, 1.807) is 30.3 Å². The molecule has 1 amide bonds. The lowest BCUT2D eigenvalue weighted by molar-refractivity contribution is -0.393. The fraction of sp³-hybridized carbons (Fsp3) is 0.816. The van der Waals surface area contributed by atoms with Crippen LogP contribution in [0.2, 0.25) is 0 Å². The van der Waals surface area contributed by atoms with Gasteiger partial charge in [0.15, 0.2) is 38.0 Å². The highest BCUT2D eigenvalue weighted by atomic mass is 16.8. The summed E-state index contributed by atoms with van der Waals surface area (Å²) >= 11 is 0. The zero-order valence-corrected chi connectivity index (χ0v) is 34.7. The van der Waals surface area contributed by atoms with E-state index in [4.69, 9.17) is 47.4 Å². The van der Waals surface area contributed by atoms with Gasteiger partial charge in [0.2, 0.25) is 0 Å². The normalized spacial score (nSPS) is 46.7. The van der Waals surface area contributed by atoms with Crippen molar-refractivity contribution >= 4 is 5.91 Å². The Hall–Kier alpha value is -2.51. The second kappa shape index (κ2) is 23.4. The quantitative estimate of drug-likeness (QED) is 0.0689. The summed E-state index contributed by atoms with van der Waals surface area (Å²) in [5.74, 6) is -0.514. The van der Waals surface area contributed by atoms with Gasteiger partial charge in [-0.1, -0.05) is 18.2 Å². The Bertz CT molecular complexity index is 1640. The van der Waals surface area contributed by atoms with E-state index in [1.165, 1.54) is 0 Å². The van der Waals surface area contributed by atoms with E-state index >= 15 is 0 Å². The lowest BCUT2D eigenvalue weighted by Gasteiger charge is -2.49. The molecule has 0 radical (unpaired) electrons. The highest BCUT2D eigenvalue weighted by molar-refractivity contribution is 5.77. The standard InChI is InChI=1S/C38H59NO27/c40-6-13-20(47)25(52)33(34(58-13)39-18(45)11-57-12-4-2-1-3-5-12)66-38-29(56)32(23(50)17(10-44)62-38)65-37-28(55)31(22(49)16(9-43)61-37)64-36-27(54)30(21(48)15(8-42)60-36)63-35-26(53)24(51)19(46)14(7-41)59-35/h1-5,13-17,19-38,40-44,46-56H,6-11H2,(H,39,45)/t13-,14-,15-,16-,17-,19-,20-,21-,22-,23-,24+,25+,26+,27+,28+,29+,30+,31+,32+,33+,34+,35-,36-,37-,38-/m1/s1. The summed E-state index contributed by atoms with van der Waals surface area (Å²) in [6, 6.07) is 8.15. The Morgan fingerprint density at radius 3 is 1.18 bits per heavy atom. The maximum absolute atomic E-state index is 12.9. The first-order valence-electron chi connectivity index (χ1n) is 20.9. The Kier molecular flexibility index (Phi) is 18.7.